The van der Waals surface area contributed by atoms with Crippen molar-refractivity contribution in [2.24, 2.45) is 0 Å². The molecule has 1 aromatic carbocycles. The molecular weight excluding hydrogens is 319 g/mol. The van der Waals surface area contributed by atoms with Crippen molar-refractivity contribution >= 4 is 15.9 Å². The van der Waals surface area contributed by atoms with E-state index in [2.05, 4.69) is 26.1 Å². The number of piperazine rings is 1. The molecule has 2 fully saturated rings. The Labute approximate surface area is 128 Å². The molecule has 1 N–H and O–H groups in total. The van der Waals surface area contributed by atoms with Gasteiger partial charge in [-0.3, -0.25) is 4.90 Å². The van der Waals surface area contributed by atoms with Crippen molar-refractivity contribution in [3.63, 3.8) is 0 Å². The Balaban J connectivity index is 1.68. The maximum Gasteiger partial charge on any atom is 0.124 e. The van der Waals surface area contributed by atoms with E-state index in [1.54, 1.807) is 12.1 Å². The van der Waals surface area contributed by atoms with E-state index >= 15 is 0 Å². The standard InChI is InChI=1S/C16H22BrFN2/c17-15-10-14(18)5-4-13(15)11-20-9-8-19-16(12-20)6-2-1-3-7-16/h4-5,10,19H,1-3,6-9,11-12H2. The first kappa shape index (κ1) is 14.5. The van der Waals surface area contributed by atoms with Gasteiger partial charge in [0.15, 0.2) is 0 Å². The lowest BCUT2D eigenvalue weighted by Gasteiger charge is -2.46. The Hall–Kier alpha value is -0.450. The number of hydrogen-bond acceptors (Lipinski definition) is 2. The van der Waals surface area contributed by atoms with Gasteiger partial charge in [0.2, 0.25) is 0 Å². The molecule has 4 heteroatoms. The summed E-state index contributed by atoms with van der Waals surface area (Å²) in [6.07, 6.45) is 6.68. The van der Waals surface area contributed by atoms with Gasteiger partial charge in [-0.1, -0.05) is 41.3 Å². The highest BCUT2D eigenvalue weighted by molar-refractivity contribution is 9.10. The van der Waals surface area contributed by atoms with Crippen LogP contribution in [0.1, 0.15) is 37.7 Å². The smallest absolute Gasteiger partial charge is 0.124 e. The first-order chi connectivity index (χ1) is 9.67. The van der Waals surface area contributed by atoms with Crippen molar-refractivity contribution in [3.8, 4) is 0 Å². The third kappa shape index (κ3) is 3.23. The fraction of sp³-hybridized carbons (Fsp3) is 0.625. The van der Waals surface area contributed by atoms with E-state index in [1.807, 2.05) is 6.07 Å². The van der Waals surface area contributed by atoms with Crippen LogP contribution in [0.5, 0.6) is 0 Å². The SMILES string of the molecule is Fc1ccc(CN2CCNC3(CCCCC3)C2)c(Br)c1. The molecule has 0 unspecified atom stereocenters. The lowest BCUT2D eigenvalue weighted by atomic mass is 9.80. The number of nitrogens with zero attached hydrogens (tertiary/aromatic N) is 1. The maximum atomic E-state index is 13.2. The number of rotatable bonds is 2. The minimum Gasteiger partial charge on any atom is -0.309 e. The highest BCUT2D eigenvalue weighted by atomic mass is 79.9. The molecule has 1 aliphatic carbocycles. The predicted molar refractivity (Wildman–Crippen MR) is 83.2 cm³/mol. The van der Waals surface area contributed by atoms with Gasteiger partial charge in [0, 0.05) is 36.2 Å². The normalized spacial score (nSPS) is 23.1. The van der Waals surface area contributed by atoms with Crippen LogP contribution in [0.3, 0.4) is 0 Å². The molecule has 20 heavy (non-hydrogen) atoms. The molecule has 0 radical (unpaired) electrons. The van der Waals surface area contributed by atoms with Gasteiger partial charge in [0.1, 0.15) is 5.82 Å². The zero-order valence-electron chi connectivity index (χ0n) is 11.8. The summed E-state index contributed by atoms with van der Waals surface area (Å²) < 4.78 is 14.0. The van der Waals surface area contributed by atoms with Crippen LogP contribution in [0, 0.1) is 5.82 Å². The Bertz CT molecular complexity index is 466. The topological polar surface area (TPSA) is 15.3 Å². The lowest BCUT2D eigenvalue weighted by Crippen LogP contribution is -2.60. The molecule has 1 spiro atoms. The Kier molecular flexibility index (Phi) is 4.43. The van der Waals surface area contributed by atoms with Gasteiger partial charge in [0.25, 0.3) is 0 Å². The van der Waals surface area contributed by atoms with Crippen LogP contribution in [-0.2, 0) is 6.54 Å². The average molecular weight is 341 g/mol. The molecule has 1 saturated carbocycles. The second-order valence-corrected chi connectivity index (χ2v) is 7.07. The summed E-state index contributed by atoms with van der Waals surface area (Å²) in [6.45, 7) is 4.17. The highest BCUT2D eigenvalue weighted by Gasteiger charge is 2.35. The van der Waals surface area contributed by atoms with Gasteiger partial charge in [-0.25, -0.2) is 4.39 Å². The van der Waals surface area contributed by atoms with E-state index in [9.17, 15) is 4.39 Å². The number of halogens is 2. The van der Waals surface area contributed by atoms with Crippen molar-refractivity contribution in [3.05, 3.63) is 34.1 Å². The summed E-state index contributed by atoms with van der Waals surface area (Å²) in [7, 11) is 0. The van der Waals surface area contributed by atoms with E-state index in [0.717, 1.165) is 30.7 Å². The van der Waals surface area contributed by atoms with Crippen molar-refractivity contribution in [1.82, 2.24) is 10.2 Å². The van der Waals surface area contributed by atoms with Gasteiger partial charge in [-0.2, -0.15) is 0 Å². The first-order valence-corrected chi connectivity index (χ1v) is 8.38. The maximum absolute atomic E-state index is 13.2. The van der Waals surface area contributed by atoms with Gasteiger partial charge >= 0.3 is 0 Å². The van der Waals surface area contributed by atoms with E-state index < -0.39 is 0 Å². The Morgan fingerprint density at radius 2 is 2.05 bits per heavy atom. The monoisotopic (exact) mass is 340 g/mol. The average Bonchev–Trinajstić information content (AvgIpc) is 2.43. The predicted octanol–water partition coefficient (Wildman–Crippen LogP) is 3.70. The molecule has 1 heterocycles. The van der Waals surface area contributed by atoms with Crippen LogP contribution >= 0.6 is 15.9 Å². The van der Waals surface area contributed by atoms with Gasteiger partial charge < -0.3 is 5.32 Å². The molecule has 0 amide bonds. The molecular formula is C16H22BrFN2. The summed E-state index contributed by atoms with van der Waals surface area (Å²) in [5.41, 5.74) is 1.52. The third-order valence-electron chi connectivity index (χ3n) is 4.67. The number of hydrogen-bond donors (Lipinski definition) is 1. The van der Waals surface area contributed by atoms with Crippen LogP contribution in [0.25, 0.3) is 0 Å². The Morgan fingerprint density at radius 3 is 2.80 bits per heavy atom. The molecule has 110 valence electrons. The van der Waals surface area contributed by atoms with Crippen LogP contribution in [0.4, 0.5) is 4.39 Å². The molecule has 0 atom stereocenters. The lowest BCUT2D eigenvalue weighted by molar-refractivity contribution is 0.0943. The number of benzene rings is 1. The fourth-order valence-electron chi connectivity index (χ4n) is 3.63. The first-order valence-electron chi connectivity index (χ1n) is 7.58. The van der Waals surface area contributed by atoms with Gasteiger partial charge in [-0.05, 0) is 30.5 Å². The third-order valence-corrected chi connectivity index (χ3v) is 5.41. The van der Waals surface area contributed by atoms with Crippen LogP contribution in [-0.4, -0.2) is 30.1 Å². The van der Waals surface area contributed by atoms with Gasteiger partial charge in [0.05, 0.1) is 0 Å². The highest BCUT2D eigenvalue weighted by Crippen LogP contribution is 2.31. The van der Waals surface area contributed by atoms with Gasteiger partial charge in [-0.15, -0.1) is 0 Å². The van der Waals surface area contributed by atoms with Crippen LogP contribution in [0.2, 0.25) is 0 Å². The van der Waals surface area contributed by atoms with Crippen molar-refractivity contribution in [1.29, 1.82) is 0 Å². The zero-order chi connectivity index (χ0) is 14.0. The minimum absolute atomic E-state index is 0.176. The molecule has 1 aromatic rings. The zero-order valence-corrected chi connectivity index (χ0v) is 13.4. The van der Waals surface area contributed by atoms with E-state index in [1.165, 1.54) is 37.7 Å². The van der Waals surface area contributed by atoms with Crippen molar-refractivity contribution in [2.45, 2.75) is 44.2 Å². The molecule has 0 aromatic heterocycles. The summed E-state index contributed by atoms with van der Waals surface area (Å²) in [6, 6.07) is 5.02. The summed E-state index contributed by atoms with van der Waals surface area (Å²) in [5.74, 6) is -0.176. The molecule has 0 bridgehead atoms. The quantitative estimate of drug-likeness (QED) is 0.883. The largest absolute Gasteiger partial charge is 0.309 e. The second kappa shape index (κ2) is 6.12. The Morgan fingerprint density at radius 1 is 1.25 bits per heavy atom. The van der Waals surface area contributed by atoms with Crippen molar-refractivity contribution < 1.29 is 4.39 Å². The second-order valence-electron chi connectivity index (χ2n) is 6.21. The molecule has 2 aliphatic rings. The van der Waals surface area contributed by atoms with Crippen molar-refractivity contribution in [2.75, 3.05) is 19.6 Å². The molecule has 2 nitrogen and oxygen atoms in total. The van der Waals surface area contributed by atoms with Crippen LogP contribution < -0.4 is 5.32 Å². The van der Waals surface area contributed by atoms with E-state index in [0.29, 0.717) is 5.54 Å². The molecule has 1 aliphatic heterocycles. The molecule has 3 rings (SSSR count). The van der Waals surface area contributed by atoms with Crippen LogP contribution in [0.15, 0.2) is 22.7 Å². The minimum atomic E-state index is -0.176. The van der Waals surface area contributed by atoms with E-state index in [-0.39, 0.29) is 5.82 Å². The molecule has 1 saturated heterocycles. The summed E-state index contributed by atoms with van der Waals surface area (Å²) in [4.78, 5) is 2.51. The number of nitrogens with one attached hydrogen (secondary N) is 1. The van der Waals surface area contributed by atoms with E-state index in [4.69, 9.17) is 0 Å². The summed E-state index contributed by atoms with van der Waals surface area (Å²) in [5, 5.41) is 3.76. The summed E-state index contributed by atoms with van der Waals surface area (Å²) >= 11 is 3.48. The fourth-order valence-corrected chi connectivity index (χ4v) is 4.11.